The number of aliphatic hydroxyl groups excluding tert-OH is 2. The van der Waals surface area contributed by atoms with Gasteiger partial charge in [0, 0.05) is 17.5 Å². The lowest BCUT2D eigenvalue weighted by atomic mass is 9.64. The van der Waals surface area contributed by atoms with Crippen LogP contribution in [0.5, 0.6) is 0 Å². The average molecular weight is 213 g/mol. The summed E-state index contributed by atoms with van der Waals surface area (Å²) in [6, 6.07) is 0.869. The second-order valence-electron chi connectivity index (χ2n) is 5.81. The smallest absolute Gasteiger partial charge is 0.0621 e. The van der Waals surface area contributed by atoms with Crippen LogP contribution >= 0.6 is 0 Å². The molecule has 3 heteroatoms. The van der Waals surface area contributed by atoms with E-state index < -0.39 is 0 Å². The van der Waals surface area contributed by atoms with Gasteiger partial charge in [-0.1, -0.05) is 13.8 Å². The van der Waals surface area contributed by atoms with Gasteiger partial charge < -0.3 is 15.5 Å². The van der Waals surface area contributed by atoms with E-state index in [0.29, 0.717) is 12.1 Å². The van der Waals surface area contributed by atoms with Crippen LogP contribution in [0.2, 0.25) is 0 Å². The average Bonchev–Trinajstić information content (AvgIpc) is 2.17. The predicted octanol–water partition coefficient (Wildman–Crippen LogP) is 1.04. The van der Waals surface area contributed by atoms with Gasteiger partial charge in [0.2, 0.25) is 0 Å². The Morgan fingerprint density at radius 1 is 1.13 bits per heavy atom. The second kappa shape index (κ2) is 4.04. The Hall–Kier alpha value is -0.120. The summed E-state index contributed by atoms with van der Waals surface area (Å²) in [7, 11) is 0. The van der Waals surface area contributed by atoms with Gasteiger partial charge in [0.05, 0.1) is 12.2 Å². The van der Waals surface area contributed by atoms with Crippen molar-refractivity contribution in [2.45, 2.75) is 70.2 Å². The zero-order valence-corrected chi connectivity index (χ0v) is 9.74. The zero-order valence-electron chi connectivity index (χ0n) is 9.74. The van der Waals surface area contributed by atoms with E-state index in [1.807, 2.05) is 0 Å². The van der Waals surface area contributed by atoms with E-state index in [2.05, 4.69) is 19.2 Å². The topological polar surface area (TPSA) is 52.5 Å². The fraction of sp³-hybridized carbons (Fsp3) is 1.00. The van der Waals surface area contributed by atoms with Gasteiger partial charge >= 0.3 is 0 Å². The van der Waals surface area contributed by atoms with Crippen LogP contribution < -0.4 is 5.32 Å². The van der Waals surface area contributed by atoms with Crippen LogP contribution in [-0.2, 0) is 0 Å². The van der Waals surface area contributed by atoms with Crippen molar-refractivity contribution in [1.82, 2.24) is 5.32 Å². The summed E-state index contributed by atoms with van der Waals surface area (Å²) in [5.74, 6) is 0. The molecule has 4 unspecified atom stereocenters. The molecular weight excluding hydrogens is 190 g/mol. The molecule has 3 nitrogen and oxygen atoms in total. The van der Waals surface area contributed by atoms with Crippen molar-refractivity contribution in [3.63, 3.8) is 0 Å². The molecular formula is C12H23NO2. The van der Waals surface area contributed by atoms with Crippen molar-refractivity contribution in [2.75, 3.05) is 0 Å². The molecule has 0 amide bonds. The van der Waals surface area contributed by atoms with Gasteiger partial charge in [-0.15, -0.1) is 0 Å². The molecule has 15 heavy (non-hydrogen) atoms. The first-order valence-electron chi connectivity index (χ1n) is 6.12. The lowest BCUT2D eigenvalue weighted by molar-refractivity contribution is -0.0787. The normalized spacial score (nSPS) is 44.8. The number of hydrogen-bond donors (Lipinski definition) is 3. The maximum absolute atomic E-state index is 9.64. The third-order valence-corrected chi connectivity index (χ3v) is 4.30. The van der Waals surface area contributed by atoms with E-state index in [0.717, 1.165) is 25.7 Å². The fourth-order valence-corrected chi connectivity index (χ4v) is 2.79. The van der Waals surface area contributed by atoms with Crippen LogP contribution in [0.3, 0.4) is 0 Å². The molecule has 2 rings (SSSR count). The summed E-state index contributed by atoms with van der Waals surface area (Å²) in [6.07, 6.45) is 4.69. The Kier molecular flexibility index (Phi) is 3.06. The Labute approximate surface area is 91.9 Å². The maximum atomic E-state index is 9.64. The van der Waals surface area contributed by atoms with Gasteiger partial charge in [0.15, 0.2) is 0 Å². The minimum Gasteiger partial charge on any atom is -0.393 e. The first-order valence-corrected chi connectivity index (χ1v) is 6.12. The van der Waals surface area contributed by atoms with Crippen LogP contribution in [0.25, 0.3) is 0 Å². The van der Waals surface area contributed by atoms with E-state index in [-0.39, 0.29) is 17.6 Å². The van der Waals surface area contributed by atoms with Gasteiger partial charge in [0.25, 0.3) is 0 Å². The molecule has 0 bridgehead atoms. The number of rotatable bonds is 2. The number of nitrogens with one attached hydrogen (secondary N) is 1. The highest BCUT2D eigenvalue weighted by Crippen LogP contribution is 2.41. The van der Waals surface area contributed by atoms with Crippen molar-refractivity contribution in [1.29, 1.82) is 0 Å². The van der Waals surface area contributed by atoms with Crippen molar-refractivity contribution in [3.05, 3.63) is 0 Å². The molecule has 4 atom stereocenters. The van der Waals surface area contributed by atoms with Crippen LogP contribution in [0, 0.1) is 5.41 Å². The molecule has 0 aromatic carbocycles. The molecule has 0 aromatic heterocycles. The molecule has 88 valence electrons. The second-order valence-corrected chi connectivity index (χ2v) is 5.81. The lowest BCUT2D eigenvalue weighted by Gasteiger charge is -2.51. The highest BCUT2D eigenvalue weighted by atomic mass is 16.3. The molecule has 2 aliphatic carbocycles. The summed E-state index contributed by atoms with van der Waals surface area (Å²) in [4.78, 5) is 0. The largest absolute Gasteiger partial charge is 0.393 e. The molecule has 3 N–H and O–H groups in total. The van der Waals surface area contributed by atoms with Gasteiger partial charge in [-0.2, -0.15) is 0 Å². The zero-order chi connectivity index (χ0) is 11.1. The standard InChI is InChI=1S/C12H23NO2/c1-12(2)10(7-11(12)15)13-8-4-3-5-9(14)6-8/h8-11,13-15H,3-7H2,1-2H3. The van der Waals surface area contributed by atoms with E-state index >= 15 is 0 Å². The van der Waals surface area contributed by atoms with Gasteiger partial charge in [-0.25, -0.2) is 0 Å². The summed E-state index contributed by atoms with van der Waals surface area (Å²) in [6.45, 7) is 4.22. The Morgan fingerprint density at radius 3 is 2.40 bits per heavy atom. The van der Waals surface area contributed by atoms with E-state index in [1.54, 1.807) is 0 Å². The summed E-state index contributed by atoms with van der Waals surface area (Å²) >= 11 is 0. The molecule has 0 aliphatic heterocycles. The molecule has 2 saturated carbocycles. The number of hydrogen-bond acceptors (Lipinski definition) is 3. The van der Waals surface area contributed by atoms with Crippen LogP contribution in [0.15, 0.2) is 0 Å². The quantitative estimate of drug-likeness (QED) is 0.642. The van der Waals surface area contributed by atoms with E-state index in [9.17, 15) is 10.2 Å². The molecule has 0 spiro atoms. The number of aliphatic hydroxyl groups is 2. The van der Waals surface area contributed by atoms with Crippen LogP contribution in [0.1, 0.15) is 46.0 Å². The van der Waals surface area contributed by atoms with Crippen molar-refractivity contribution >= 4 is 0 Å². The first kappa shape index (κ1) is 11.4. The Balaban J connectivity index is 1.82. The molecule has 0 saturated heterocycles. The lowest BCUT2D eigenvalue weighted by Crippen LogP contribution is -2.62. The summed E-state index contributed by atoms with van der Waals surface area (Å²) in [5.41, 5.74) is 0.00238. The van der Waals surface area contributed by atoms with Crippen LogP contribution in [-0.4, -0.2) is 34.5 Å². The van der Waals surface area contributed by atoms with Crippen molar-refractivity contribution in [2.24, 2.45) is 5.41 Å². The Morgan fingerprint density at radius 2 is 1.87 bits per heavy atom. The summed E-state index contributed by atoms with van der Waals surface area (Å²) < 4.78 is 0. The third-order valence-electron chi connectivity index (χ3n) is 4.30. The molecule has 0 aromatic rings. The highest BCUT2D eigenvalue weighted by Gasteiger charge is 2.47. The SMILES string of the molecule is CC1(C)C(O)CC1NC1CCCC(O)C1. The fourth-order valence-electron chi connectivity index (χ4n) is 2.79. The molecule has 2 aliphatic rings. The van der Waals surface area contributed by atoms with Gasteiger partial charge in [0.1, 0.15) is 0 Å². The third kappa shape index (κ3) is 2.19. The molecule has 0 radical (unpaired) electrons. The molecule has 0 heterocycles. The first-order chi connectivity index (χ1) is 7.00. The van der Waals surface area contributed by atoms with Crippen molar-refractivity contribution in [3.8, 4) is 0 Å². The monoisotopic (exact) mass is 213 g/mol. The highest BCUT2D eigenvalue weighted by molar-refractivity contribution is 5.03. The van der Waals surface area contributed by atoms with Crippen molar-refractivity contribution < 1.29 is 10.2 Å². The minimum atomic E-state index is -0.163. The predicted molar refractivity (Wildman–Crippen MR) is 59.6 cm³/mol. The Bertz CT molecular complexity index is 230. The van der Waals surface area contributed by atoms with Gasteiger partial charge in [-0.05, 0) is 32.1 Å². The van der Waals surface area contributed by atoms with E-state index in [1.165, 1.54) is 6.42 Å². The minimum absolute atomic E-state index is 0.00238. The summed E-state index contributed by atoms with van der Waals surface area (Å²) in [5, 5.41) is 22.8. The molecule has 2 fully saturated rings. The maximum Gasteiger partial charge on any atom is 0.0621 e. The van der Waals surface area contributed by atoms with Gasteiger partial charge in [-0.3, -0.25) is 0 Å². The van der Waals surface area contributed by atoms with E-state index in [4.69, 9.17) is 0 Å². The van der Waals surface area contributed by atoms with Crippen LogP contribution in [0.4, 0.5) is 0 Å².